The first kappa shape index (κ1) is 21.0. The minimum Gasteiger partial charge on any atom is -0.418 e. The average Bonchev–Trinajstić information content (AvgIpc) is 2.22. The van der Waals surface area contributed by atoms with E-state index in [1.807, 2.05) is 20.8 Å². The third kappa shape index (κ3) is 8.43. The highest BCUT2D eigenvalue weighted by Crippen LogP contribution is 2.20. The molecule has 0 aromatic heterocycles. The molecule has 1 N–H and O–H groups in total. The summed E-state index contributed by atoms with van der Waals surface area (Å²) in [7, 11) is -9.94. The van der Waals surface area contributed by atoms with Crippen LogP contribution in [0.5, 0.6) is 0 Å². The van der Waals surface area contributed by atoms with Crippen LogP contribution in [0.3, 0.4) is 0 Å². The Balaban J connectivity index is 0. The lowest BCUT2D eigenvalue weighted by Gasteiger charge is -2.40. The lowest BCUT2D eigenvalue weighted by Crippen LogP contribution is -2.57. The summed E-state index contributed by atoms with van der Waals surface area (Å²) in [5.41, 5.74) is 0. The Morgan fingerprint density at radius 3 is 1.32 bits per heavy atom. The third-order valence-corrected chi connectivity index (χ3v) is 4.66. The van der Waals surface area contributed by atoms with Gasteiger partial charge in [-0.15, -0.1) is 0 Å². The standard InChI is InChI=1S/C9H21NO3S.BF4/c1-5-9(14(11,12)13)10(6-2,7-3)8-4;2-1(3,4)5/h9H,5-8H2,1-4H3;/q;-1/p+1. The molecule has 0 aromatic rings. The van der Waals surface area contributed by atoms with E-state index < -0.39 is 22.7 Å². The van der Waals surface area contributed by atoms with Crippen LogP contribution in [-0.4, -0.2) is 49.7 Å². The van der Waals surface area contributed by atoms with Crippen molar-refractivity contribution < 1.29 is 34.7 Å². The van der Waals surface area contributed by atoms with Gasteiger partial charge in [0.2, 0.25) is 5.37 Å². The SMILES string of the molecule is CCC([N+](CC)(CC)CC)S(=O)(=O)O.F[B-](F)(F)F. The fraction of sp³-hybridized carbons (Fsp3) is 1.00. The zero-order valence-electron chi connectivity index (χ0n) is 11.6. The van der Waals surface area contributed by atoms with Gasteiger partial charge >= 0.3 is 17.4 Å². The van der Waals surface area contributed by atoms with E-state index in [4.69, 9.17) is 4.55 Å². The van der Waals surface area contributed by atoms with E-state index >= 15 is 0 Å². The molecule has 0 aromatic carbocycles. The second-order valence-corrected chi connectivity index (χ2v) is 5.61. The maximum Gasteiger partial charge on any atom is 0.673 e. The fourth-order valence-electron chi connectivity index (χ4n) is 2.16. The van der Waals surface area contributed by atoms with E-state index in [-0.39, 0.29) is 0 Å². The van der Waals surface area contributed by atoms with Gasteiger partial charge in [-0.25, -0.2) is 0 Å². The summed E-state index contributed by atoms with van der Waals surface area (Å²) >= 11 is 0. The van der Waals surface area contributed by atoms with Crippen LogP contribution in [0.15, 0.2) is 0 Å². The van der Waals surface area contributed by atoms with Crippen molar-refractivity contribution in [3.8, 4) is 0 Å². The van der Waals surface area contributed by atoms with Gasteiger partial charge in [0.1, 0.15) is 0 Å². The molecule has 0 radical (unpaired) electrons. The molecule has 118 valence electrons. The second-order valence-electron chi connectivity index (χ2n) is 4.04. The first-order chi connectivity index (χ1) is 8.37. The first-order valence-electron chi connectivity index (χ1n) is 6.07. The van der Waals surface area contributed by atoms with Crippen molar-refractivity contribution in [2.45, 2.75) is 39.5 Å². The van der Waals surface area contributed by atoms with Gasteiger partial charge in [0.25, 0.3) is 0 Å². The Kier molecular flexibility index (Phi) is 8.89. The maximum atomic E-state index is 11.2. The van der Waals surface area contributed by atoms with Crippen molar-refractivity contribution in [1.82, 2.24) is 0 Å². The number of hydrogen-bond acceptors (Lipinski definition) is 2. The van der Waals surface area contributed by atoms with Gasteiger partial charge in [-0.05, 0) is 20.8 Å². The molecular weight excluding hydrogens is 289 g/mol. The highest BCUT2D eigenvalue weighted by atomic mass is 32.2. The number of quaternary nitrogens is 1. The van der Waals surface area contributed by atoms with E-state index in [2.05, 4.69) is 0 Å². The minimum absolute atomic E-state index is 0.440. The lowest BCUT2D eigenvalue weighted by molar-refractivity contribution is -0.934. The molecule has 0 rings (SSSR count). The molecule has 1 unspecified atom stereocenters. The summed E-state index contributed by atoms with van der Waals surface area (Å²) in [5, 5.41) is -0.678. The Morgan fingerprint density at radius 2 is 1.26 bits per heavy atom. The van der Waals surface area contributed by atoms with Gasteiger partial charge in [-0.1, -0.05) is 6.92 Å². The monoisotopic (exact) mass is 311 g/mol. The quantitative estimate of drug-likeness (QED) is 0.355. The molecule has 4 nitrogen and oxygen atoms in total. The van der Waals surface area contributed by atoms with Crippen molar-refractivity contribution in [3.05, 3.63) is 0 Å². The molecular formula is C9H22BF4NO3S. The molecule has 0 saturated carbocycles. The van der Waals surface area contributed by atoms with E-state index in [0.29, 0.717) is 10.9 Å². The van der Waals surface area contributed by atoms with Crippen molar-refractivity contribution in [2.75, 3.05) is 19.6 Å². The zero-order valence-corrected chi connectivity index (χ0v) is 12.4. The smallest absolute Gasteiger partial charge is 0.418 e. The molecule has 0 aliphatic rings. The van der Waals surface area contributed by atoms with Gasteiger partial charge in [0.15, 0.2) is 0 Å². The highest BCUT2D eigenvalue weighted by molar-refractivity contribution is 7.86. The Hall–Kier alpha value is -0.345. The van der Waals surface area contributed by atoms with Crippen molar-refractivity contribution >= 4 is 17.4 Å². The molecule has 0 heterocycles. The third-order valence-electron chi connectivity index (χ3n) is 3.19. The normalized spacial score (nSPS) is 14.6. The Labute approximate surface area is 112 Å². The fourth-order valence-corrected chi connectivity index (χ4v) is 3.60. The topological polar surface area (TPSA) is 54.4 Å². The summed E-state index contributed by atoms with van der Waals surface area (Å²) in [6.45, 7) is 9.86. The summed E-state index contributed by atoms with van der Waals surface area (Å²) < 4.78 is 71.1. The van der Waals surface area contributed by atoms with Gasteiger partial charge in [0.05, 0.1) is 19.6 Å². The number of rotatable bonds is 6. The van der Waals surface area contributed by atoms with Crippen molar-refractivity contribution in [2.24, 2.45) is 0 Å². The zero-order chi connectivity index (χ0) is 15.9. The van der Waals surface area contributed by atoms with Crippen LogP contribution < -0.4 is 0 Å². The summed E-state index contributed by atoms with van der Waals surface area (Å²) in [5.74, 6) is 0. The average molecular weight is 311 g/mol. The number of hydrogen-bond donors (Lipinski definition) is 1. The van der Waals surface area contributed by atoms with Crippen LogP contribution in [0.25, 0.3) is 0 Å². The maximum absolute atomic E-state index is 11.2. The molecule has 0 saturated heterocycles. The summed E-state index contributed by atoms with van der Waals surface area (Å²) in [6.07, 6.45) is 0.453. The lowest BCUT2D eigenvalue weighted by atomic mass is 10.3. The minimum atomic E-state index is -6.00. The summed E-state index contributed by atoms with van der Waals surface area (Å²) in [6, 6.07) is 0. The molecule has 1 atom stereocenters. The molecule has 0 aliphatic heterocycles. The largest absolute Gasteiger partial charge is 0.673 e. The van der Waals surface area contributed by atoms with Crippen LogP contribution in [0.2, 0.25) is 0 Å². The Morgan fingerprint density at radius 1 is 1.00 bits per heavy atom. The molecule has 0 fully saturated rings. The van der Waals surface area contributed by atoms with Gasteiger partial charge in [0, 0.05) is 6.42 Å². The van der Waals surface area contributed by atoms with E-state index in [9.17, 15) is 25.7 Å². The predicted octanol–water partition coefficient (Wildman–Crippen LogP) is 2.79. The Bertz CT molecular complexity index is 330. The molecule has 19 heavy (non-hydrogen) atoms. The van der Waals surface area contributed by atoms with E-state index in [0.717, 1.165) is 19.6 Å². The molecule has 0 bridgehead atoms. The highest BCUT2D eigenvalue weighted by Gasteiger charge is 2.40. The molecule has 10 heteroatoms. The number of halogens is 4. The van der Waals surface area contributed by atoms with Gasteiger partial charge < -0.3 is 21.7 Å². The number of nitrogens with zero attached hydrogens (tertiary/aromatic N) is 1. The van der Waals surface area contributed by atoms with Crippen LogP contribution in [0.1, 0.15) is 34.1 Å². The molecule has 0 amide bonds. The van der Waals surface area contributed by atoms with Gasteiger partial charge in [-0.3, -0.25) is 4.55 Å². The molecule has 0 aliphatic carbocycles. The van der Waals surface area contributed by atoms with Crippen LogP contribution in [0, 0.1) is 0 Å². The first-order valence-corrected chi connectivity index (χ1v) is 7.57. The van der Waals surface area contributed by atoms with Crippen LogP contribution in [0.4, 0.5) is 17.3 Å². The van der Waals surface area contributed by atoms with Gasteiger partial charge in [-0.2, -0.15) is 8.42 Å². The van der Waals surface area contributed by atoms with Crippen molar-refractivity contribution in [3.63, 3.8) is 0 Å². The van der Waals surface area contributed by atoms with Crippen LogP contribution in [-0.2, 0) is 10.1 Å². The van der Waals surface area contributed by atoms with Crippen molar-refractivity contribution in [1.29, 1.82) is 0 Å². The molecule has 0 spiro atoms. The predicted molar refractivity (Wildman–Crippen MR) is 67.7 cm³/mol. The second kappa shape index (κ2) is 8.06. The van der Waals surface area contributed by atoms with E-state index in [1.165, 1.54) is 0 Å². The van der Waals surface area contributed by atoms with E-state index in [1.54, 1.807) is 6.92 Å². The van der Waals surface area contributed by atoms with Crippen LogP contribution >= 0.6 is 0 Å². The summed E-state index contributed by atoms with van der Waals surface area (Å²) in [4.78, 5) is 0.